The molecule has 0 aliphatic carbocycles. The van der Waals surface area contributed by atoms with Crippen LogP contribution in [0.4, 0.5) is 4.79 Å². The summed E-state index contributed by atoms with van der Waals surface area (Å²) in [7, 11) is 0. The molecule has 1 saturated heterocycles. The summed E-state index contributed by atoms with van der Waals surface area (Å²) < 4.78 is 0. The average molecular weight is 285 g/mol. The van der Waals surface area contributed by atoms with Gasteiger partial charge in [-0.15, -0.1) is 0 Å². The largest absolute Gasteiger partial charge is 0.481 e. The molecular formula is C13H23N3O4. The fourth-order valence-electron chi connectivity index (χ4n) is 2.10. The molecule has 0 aromatic carbocycles. The van der Waals surface area contributed by atoms with E-state index in [1.54, 1.807) is 4.90 Å². The zero-order chi connectivity index (χ0) is 15.1. The molecule has 1 unspecified atom stereocenters. The van der Waals surface area contributed by atoms with E-state index < -0.39 is 18.0 Å². The molecular weight excluding hydrogens is 262 g/mol. The minimum Gasteiger partial charge on any atom is -0.481 e. The summed E-state index contributed by atoms with van der Waals surface area (Å²) in [6.07, 6.45) is 1.88. The van der Waals surface area contributed by atoms with E-state index in [0.29, 0.717) is 0 Å². The van der Waals surface area contributed by atoms with Crippen LogP contribution in [0.15, 0.2) is 0 Å². The molecule has 7 heteroatoms. The minimum absolute atomic E-state index is 0.00568. The minimum atomic E-state index is -0.961. The predicted octanol–water partition coefficient (Wildman–Crippen LogP) is 0.407. The van der Waals surface area contributed by atoms with Crippen molar-refractivity contribution in [2.75, 3.05) is 19.6 Å². The molecule has 3 amide bonds. The zero-order valence-corrected chi connectivity index (χ0v) is 12.0. The average Bonchev–Trinajstić information content (AvgIpc) is 2.88. The van der Waals surface area contributed by atoms with Crippen molar-refractivity contribution < 1.29 is 19.5 Å². The van der Waals surface area contributed by atoms with Crippen LogP contribution in [0, 0.1) is 5.92 Å². The van der Waals surface area contributed by atoms with Crippen molar-refractivity contribution in [1.82, 2.24) is 15.5 Å². The molecule has 3 N–H and O–H groups in total. The molecule has 0 bridgehead atoms. The van der Waals surface area contributed by atoms with Crippen molar-refractivity contribution in [1.29, 1.82) is 0 Å². The molecule has 114 valence electrons. The van der Waals surface area contributed by atoms with Crippen molar-refractivity contribution in [2.24, 2.45) is 5.92 Å². The van der Waals surface area contributed by atoms with Crippen LogP contribution in [0.5, 0.6) is 0 Å². The molecule has 0 aromatic heterocycles. The highest BCUT2D eigenvalue weighted by Crippen LogP contribution is 2.07. The van der Waals surface area contributed by atoms with Crippen LogP contribution in [0.1, 0.15) is 33.1 Å². The van der Waals surface area contributed by atoms with E-state index in [1.807, 2.05) is 13.8 Å². The molecule has 0 spiro atoms. The normalized spacial score (nSPS) is 16.1. The van der Waals surface area contributed by atoms with Gasteiger partial charge in [0.05, 0.1) is 13.0 Å². The third-order valence-electron chi connectivity index (χ3n) is 3.37. The van der Waals surface area contributed by atoms with Gasteiger partial charge in [-0.2, -0.15) is 0 Å². The number of aliphatic carboxylic acids is 1. The lowest BCUT2D eigenvalue weighted by atomic mass is 10.0. The fraction of sp³-hybridized carbons (Fsp3) is 0.769. The van der Waals surface area contributed by atoms with Gasteiger partial charge in [-0.1, -0.05) is 13.8 Å². The monoisotopic (exact) mass is 285 g/mol. The van der Waals surface area contributed by atoms with Crippen molar-refractivity contribution in [3.05, 3.63) is 0 Å². The number of carboxylic acid groups (broad SMARTS) is 1. The van der Waals surface area contributed by atoms with Crippen LogP contribution >= 0.6 is 0 Å². The van der Waals surface area contributed by atoms with Gasteiger partial charge in [-0.3, -0.25) is 9.59 Å². The molecule has 0 saturated carbocycles. The maximum Gasteiger partial charge on any atom is 0.315 e. The number of nitrogens with zero attached hydrogens (tertiary/aromatic N) is 1. The molecule has 7 nitrogen and oxygen atoms in total. The van der Waals surface area contributed by atoms with Gasteiger partial charge in [0.25, 0.3) is 0 Å². The molecule has 1 heterocycles. The Bertz CT molecular complexity index is 365. The summed E-state index contributed by atoms with van der Waals surface area (Å²) in [5.74, 6) is -1.06. The highest BCUT2D eigenvalue weighted by molar-refractivity contribution is 5.84. The van der Waals surface area contributed by atoms with Gasteiger partial charge in [-0.25, -0.2) is 4.79 Å². The highest BCUT2D eigenvalue weighted by Gasteiger charge is 2.21. The first-order valence-electron chi connectivity index (χ1n) is 6.94. The fourth-order valence-corrected chi connectivity index (χ4v) is 2.10. The van der Waals surface area contributed by atoms with E-state index in [4.69, 9.17) is 5.11 Å². The SMILES string of the molecule is CC(C)C(CC(=O)O)NC(=O)NCC(=O)N1CCCC1. The van der Waals surface area contributed by atoms with Crippen LogP contribution in [0.3, 0.4) is 0 Å². The van der Waals surface area contributed by atoms with Crippen molar-refractivity contribution in [3.8, 4) is 0 Å². The Kier molecular flexibility index (Phi) is 6.27. The standard InChI is InChI=1S/C13H23N3O4/c1-9(2)10(7-12(18)19)15-13(20)14-8-11(17)16-5-3-4-6-16/h9-10H,3-8H2,1-2H3,(H,18,19)(H2,14,15,20). The summed E-state index contributed by atoms with van der Waals surface area (Å²) in [4.78, 5) is 35.8. The first kappa shape index (κ1) is 16.3. The Labute approximate surface area is 118 Å². The number of likely N-dealkylation sites (tertiary alicyclic amines) is 1. The first-order chi connectivity index (χ1) is 9.40. The summed E-state index contributed by atoms with van der Waals surface area (Å²) in [6, 6.07) is -0.952. The Morgan fingerprint density at radius 3 is 2.30 bits per heavy atom. The van der Waals surface area contributed by atoms with Gasteiger partial charge in [0.1, 0.15) is 0 Å². The number of carbonyl (C=O) groups is 3. The maximum absolute atomic E-state index is 11.7. The van der Waals surface area contributed by atoms with Crippen LogP contribution in [-0.2, 0) is 9.59 Å². The summed E-state index contributed by atoms with van der Waals surface area (Å²) in [5.41, 5.74) is 0. The second kappa shape index (κ2) is 7.72. The second-order valence-electron chi connectivity index (χ2n) is 5.36. The Morgan fingerprint density at radius 2 is 1.80 bits per heavy atom. The number of hydrogen-bond donors (Lipinski definition) is 3. The van der Waals surface area contributed by atoms with Gasteiger partial charge in [-0.05, 0) is 18.8 Å². The van der Waals surface area contributed by atoms with E-state index >= 15 is 0 Å². The topological polar surface area (TPSA) is 98.7 Å². The number of nitrogens with one attached hydrogen (secondary N) is 2. The summed E-state index contributed by atoms with van der Waals surface area (Å²) in [5, 5.41) is 13.9. The molecule has 1 rings (SSSR count). The quantitative estimate of drug-likeness (QED) is 0.658. The van der Waals surface area contributed by atoms with Gasteiger partial charge in [0.15, 0.2) is 0 Å². The first-order valence-corrected chi connectivity index (χ1v) is 6.94. The van der Waals surface area contributed by atoms with Gasteiger partial charge >= 0.3 is 12.0 Å². The van der Waals surface area contributed by atoms with Crippen molar-refractivity contribution >= 4 is 17.9 Å². The second-order valence-corrected chi connectivity index (χ2v) is 5.36. The third kappa shape index (κ3) is 5.46. The lowest BCUT2D eigenvalue weighted by molar-refractivity contribution is -0.137. The van der Waals surface area contributed by atoms with E-state index in [2.05, 4.69) is 10.6 Å². The Hall–Kier alpha value is -1.79. The van der Waals surface area contributed by atoms with Crippen LogP contribution in [0.25, 0.3) is 0 Å². The van der Waals surface area contributed by atoms with E-state index in [-0.39, 0.29) is 24.8 Å². The van der Waals surface area contributed by atoms with Crippen LogP contribution in [-0.4, -0.2) is 53.6 Å². The van der Waals surface area contributed by atoms with Crippen LogP contribution < -0.4 is 10.6 Å². The van der Waals surface area contributed by atoms with Gasteiger partial charge in [0, 0.05) is 19.1 Å². The van der Waals surface area contributed by atoms with E-state index in [1.165, 1.54) is 0 Å². The van der Waals surface area contributed by atoms with E-state index in [9.17, 15) is 14.4 Å². The number of carbonyl (C=O) groups excluding carboxylic acids is 2. The molecule has 1 atom stereocenters. The smallest absolute Gasteiger partial charge is 0.315 e. The Balaban J connectivity index is 2.33. The van der Waals surface area contributed by atoms with Gasteiger partial charge < -0.3 is 20.6 Å². The highest BCUT2D eigenvalue weighted by atomic mass is 16.4. The maximum atomic E-state index is 11.7. The van der Waals surface area contributed by atoms with E-state index in [0.717, 1.165) is 25.9 Å². The van der Waals surface area contributed by atoms with Crippen molar-refractivity contribution in [2.45, 2.75) is 39.2 Å². The summed E-state index contributed by atoms with van der Waals surface area (Å²) >= 11 is 0. The molecule has 1 fully saturated rings. The number of urea groups is 1. The lowest BCUT2D eigenvalue weighted by Gasteiger charge is -2.21. The van der Waals surface area contributed by atoms with Crippen LogP contribution in [0.2, 0.25) is 0 Å². The number of hydrogen-bond acceptors (Lipinski definition) is 3. The zero-order valence-electron chi connectivity index (χ0n) is 12.0. The molecule has 1 aliphatic heterocycles. The third-order valence-corrected chi connectivity index (χ3v) is 3.37. The number of rotatable bonds is 6. The molecule has 20 heavy (non-hydrogen) atoms. The van der Waals surface area contributed by atoms with Crippen molar-refractivity contribution in [3.63, 3.8) is 0 Å². The predicted molar refractivity (Wildman–Crippen MR) is 73.2 cm³/mol. The Morgan fingerprint density at radius 1 is 1.20 bits per heavy atom. The lowest BCUT2D eigenvalue weighted by Crippen LogP contribution is -2.48. The molecule has 0 radical (unpaired) electrons. The number of amides is 3. The molecule has 1 aliphatic rings. The molecule has 0 aromatic rings. The van der Waals surface area contributed by atoms with Gasteiger partial charge in [0.2, 0.25) is 5.91 Å². The summed E-state index contributed by atoms with van der Waals surface area (Å²) in [6.45, 7) is 5.11. The number of carboxylic acids is 1.